The Morgan fingerprint density at radius 2 is 1.83 bits per heavy atom. The van der Waals surface area contributed by atoms with Crippen LogP contribution in [0.5, 0.6) is 5.75 Å². The highest BCUT2D eigenvalue weighted by atomic mass is 19.4. The van der Waals surface area contributed by atoms with Crippen LogP contribution in [0.15, 0.2) is 42.5 Å². The minimum atomic E-state index is -4.61. The maximum absolute atomic E-state index is 13.9. The molecule has 2 heterocycles. The zero-order chi connectivity index (χ0) is 30.4. The lowest BCUT2D eigenvalue weighted by atomic mass is 9.79. The number of carbonyl (C=O) groups is 2. The van der Waals surface area contributed by atoms with E-state index in [4.69, 9.17) is 4.74 Å². The second-order valence-corrected chi connectivity index (χ2v) is 11.9. The lowest BCUT2D eigenvalue weighted by Crippen LogP contribution is -2.49. The van der Waals surface area contributed by atoms with Crippen molar-refractivity contribution in [3.8, 4) is 5.75 Å². The zero-order valence-corrected chi connectivity index (χ0v) is 23.0. The number of piperidine rings is 1. The molecule has 2 aliphatic heterocycles. The van der Waals surface area contributed by atoms with Gasteiger partial charge in [-0.05, 0) is 80.0 Å². The smallest absolute Gasteiger partial charge is 0.416 e. The van der Waals surface area contributed by atoms with E-state index in [1.54, 1.807) is 12.1 Å². The third kappa shape index (κ3) is 6.23. The van der Waals surface area contributed by atoms with Gasteiger partial charge < -0.3 is 19.6 Å². The minimum Gasteiger partial charge on any atom is -0.478 e. The fraction of sp³-hybridized carbons (Fsp3) is 0.533. The zero-order valence-electron chi connectivity index (χ0n) is 23.0. The van der Waals surface area contributed by atoms with Gasteiger partial charge in [0.05, 0.1) is 29.5 Å². The lowest BCUT2D eigenvalue weighted by molar-refractivity contribution is -0.177. The largest absolute Gasteiger partial charge is 0.478 e. The van der Waals surface area contributed by atoms with E-state index in [9.17, 15) is 41.0 Å². The third-order valence-electron chi connectivity index (χ3n) is 9.00. The van der Waals surface area contributed by atoms with Gasteiger partial charge in [0.15, 0.2) is 6.73 Å². The molecule has 0 radical (unpaired) electrons. The average Bonchev–Trinajstić information content (AvgIpc) is 3.35. The number of amides is 1. The van der Waals surface area contributed by atoms with Crippen LogP contribution < -0.4 is 4.74 Å². The Labute approximate surface area is 239 Å². The number of nitrogens with zero attached hydrogens (tertiary/aromatic N) is 2. The highest BCUT2D eigenvalue weighted by Gasteiger charge is 2.54. The molecule has 12 heteroatoms. The van der Waals surface area contributed by atoms with Crippen LogP contribution in [0.3, 0.4) is 0 Å². The molecule has 2 fully saturated rings. The van der Waals surface area contributed by atoms with Crippen LogP contribution >= 0.6 is 0 Å². The van der Waals surface area contributed by atoms with Crippen LogP contribution in [0.4, 0.5) is 26.3 Å². The summed E-state index contributed by atoms with van der Waals surface area (Å²) in [7, 11) is 0. The van der Waals surface area contributed by atoms with Gasteiger partial charge in [-0.3, -0.25) is 4.79 Å². The first kappa shape index (κ1) is 30.2. The molecule has 2 unspecified atom stereocenters. The summed E-state index contributed by atoms with van der Waals surface area (Å²) in [6.45, 7) is 2.61. The number of ether oxygens (including phenoxy) is 1. The molecule has 2 aromatic rings. The molecule has 42 heavy (non-hydrogen) atoms. The molecule has 3 aliphatic rings. The van der Waals surface area contributed by atoms with E-state index < -0.39 is 41.6 Å². The van der Waals surface area contributed by atoms with Crippen molar-refractivity contribution >= 4 is 11.9 Å². The summed E-state index contributed by atoms with van der Waals surface area (Å²) in [6.07, 6.45) is -9.45. The van der Waals surface area contributed by atoms with Crippen molar-refractivity contribution in [1.29, 1.82) is 0 Å². The number of benzene rings is 2. The van der Waals surface area contributed by atoms with E-state index in [1.165, 1.54) is 12.1 Å². The topological polar surface area (TPSA) is 70.1 Å². The van der Waals surface area contributed by atoms with Crippen LogP contribution in [0, 0.1) is 11.3 Å². The van der Waals surface area contributed by atoms with E-state index in [1.807, 2.05) is 13.0 Å². The Morgan fingerprint density at radius 1 is 1.07 bits per heavy atom. The molecular formula is C30H32F6N2O4. The fourth-order valence-electron chi connectivity index (χ4n) is 7.02. The van der Waals surface area contributed by atoms with Crippen LogP contribution in [0.1, 0.15) is 72.0 Å². The van der Waals surface area contributed by atoms with Crippen molar-refractivity contribution in [2.24, 2.45) is 11.3 Å². The highest BCUT2D eigenvalue weighted by molar-refractivity contribution is 5.87. The number of carboxylic acid groups (broad SMARTS) is 1. The summed E-state index contributed by atoms with van der Waals surface area (Å²) >= 11 is 0. The summed E-state index contributed by atoms with van der Waals surface area (Å²) in [5.41, 5.74) is -1.44. The van der Waals surface area contributed by atoms with Gasteiger partial charge in [-0.2, -0.15) is 26.3 Å². The van der Waals surface area contributed by atoms with Gasteiger partial charge in [0.1, 0.15) is 5.75 Å². The van der Waals surface area contributed by atoms with Gasteiger partial charge in [-0.1, -0.05) is 19.1 Å². The molecule has 6 nitrogen and oxygen atoms in total. The van der Waals surface area contributed by atoms with Crippen molar-refractivity contribution in [2.45, 2.75) is 69.9 Å². The number of carbonyl (C=O) groups excluding carboxylic acids is 1. The molecule has 0 aromatic heterocycles. The van der Waals surface area contributed by atoms with Gasteiger partial charge in [-0.15, -0.1) is 0 Å². The number of alkyl halides is 6. The fourth-order valence-corrected chi connectivity index (χ4v) is 7.02. The Bertz CT molecular complexity index is 1350. The molecular weight excluding hydrogens is 566 g/mol. The first-order valence-corrected chi connectivity index (χ1v) is 13.9. The maximum atomic E-state index is 13.9. The van der Waals surface area contributed by atoms with E-state index >= 15 is 0 Å². The predicted molar refractivity (Wildman–Crippen MR) is 140 cm³/mol. The van der Waals surface area contributed by atoms with Crippen molar-refractivity contribution in [3.63, 3.8) is 0 Å². The Kier molecular flexibility index (Phi) is 7.97. The van der Waals surface area contributed by atoms with Crippen LogP contribution in [0.2, 0.25) is 0 Å². The summed E-state index contributed by atoms with van der Waals surface area (Å²) in [5.74, 6) is -1.39. The maximum Gasteiger partial charge on any atom is 0.416 e. The van der Waals surface area contributed by atoms with Crippen molar-refractivity contribution in [1.82, 2.24) is 9.80 Å². The lowest BCUT2D eigenvalue weighted by Gasteiger charge is -2.41. The molecule has 1 N–H and O–H groups in total. The molecule has 0 bridgehead atoms. The number of hydrogen-bond donors (Lipinski definition) is 1. The monoisotopic (exact) mass is 598 g/mol. The molecule has 1 amide bonds. The van der Waals surface area contributed by atoms with Crippen LogP contribution in [-0.2, 0) is 17.5 Å². The van der Waals surface area contributed by atoms with Crippen LogP contribution in [0.25, 0.3) is 0 Å². The number of likely N-dealkylation sites (tertiary alicyclic amines) is 1. The van der Waals surface area contributed by atoms with Gasteiger partial charge in [0.25, 0.3) is 0 Å². The molecule has 228 valence electrons. The number of aromatic carboxylic acids is 1. The van der Waals surface area contributed by atoms with Gasteiger partial charge in [0, 0.05) is 18.2 Å². The van der Waals surface area contributed by atoms with E-state index in [0.717, 1.165) is 22.6 Å². The molecule has 5 rings (SSSR count). The minimum absolute atomic E-state index is 0.0107. The summed E-state index contributed by atoms with van der Waals surface area (Å²) < 4.78 is 86.9. The third-order valence-corrected chi connectivity index (χ3v) is 9.00. The van der Waals surface area contributed by atoms with Gasteiger partial charge in [0.2, 0.25) is 5.91 Å². The Morgan fingerprint density at radius 3 is 2.50 bits per heavy atom. The normalized spacial score (nSPS) is 26.9. The quantitative estimate of drug-likeness (QED) is 0.388. The number of rotatable bonds is 5. The van der Waals surface area contributed by atoms with Crippen molar-refractivity contribution in [2.75, 3.05) is 19.8 Å². The Balaban J connectivity index is 1.31. The first-order valence-electron chi connectivity index (χ1n) is 13.9. The molecule has 1 aliphatic carbocycles. The number of fused-ring (bicyclic) bond motifs is 1. The number of halogens is 6. The van der Waals surface area contributed by atoms with E-state index in [0.29, 0.717) is 25.9 Å². The molecule has 1 saturated carbocycles. The van der Waals surface area contributed by atoms with Gasteiger partial charge in [-0.25, -0.2) is 4.79 Å². The SMILES string of the molecule is CC1CN([C@@H]2CC[C@](CC(F)(F)F)(C(=O)N3COc4ccc(C(F)(F)F)cc4C3)C2)CCC1c1cccc(C(=O)O)c1. The molecule has 1 saturated heterocycles. The van der Waals surface area contributed by atoms with Gasteiger partial charge >= 0.3 is 18.3 Å². The first-order chi connectivity index (χ1) is 19.6. The average molecular weight is 599 g/mol. The Hall–Kier alpha value is -3.28. The molecule has 4 atom stereocenters. The summed E-state index contributed by atoms with van der Waals surface area (Å²) in [5, 5.41) is 9.35. The summed E-state index contributed by atoms with van der Waals surface area (Å²) in [4.78, 5) is 28.4. The van der Waals surface area contributed by atoms with Crippen molar-refractivity contribution < 1.29 is 45.8 Å². The number of carboxylic acids is 1. The second-order valence-electron chi connectivity index (χ2n) is 11.9. The van der Waals surface area contributed by atoms with E-state index in [2.05, 4.69) is 4.90 Å². The molecule has 2 aromatic carbocycles. The second kappa shape index (κ2) is 11.1. The molecule has 0 spiro atoms. The van der Waals surface area contributed by atoms with Crippen molar-refractivity contribution in [3.05, 3.63) is 64.7 Å². The standard InChI is InChI=1S/C30H32F6N2O4/c1-18-14-37(10-8-24(18)19-3-2-4-20(11-19)26(39)40)23-7-9-28(13-23,16-29(31,32)33)27(41)38-15-21-12-22(30(34,35)36)5-6-25(21)42-17-38/h2-6,11-12,18,23-24H,7-10,13-17H2,1H3,(H,39,40)/t18?,23-,24?,28+/m1/s1. The van der Waals surface area contributed by atoms with E-state index in [-0.39, 0.29) is 60.9 Å². The van der Waals surface area contributed by atoms with Crippen LogP contribution in [-0.4, -0.2) is 58.8 Å². The highest BCUT2D eigenvalue weighted by Crippen LogP contribution is 2.50. The predicted octanol–water partition coefficient (Wildman–Crippen LogP) is 6.70. The number of hydrogen-bond acceptors (Lipinski definition) is 4. The summed E-state index contributed by atoms with van der Waals surface area (Å²) in [6, 6.07) is 9.44.